The maximum Gasteiger partial charge on any atom is 0.246 e. The Morgan fingerprint density at radius 1 is 1.12 bits per heavy atom. The standard InChI is InChI=1S/C27H31N3O3S/c1-2-3-17-30(25-16-18-34(32,33)21-25)26(31)15-14-24-20-29(19-22-10-6-4-7-11-22)28-27(24)23-12-8-5-9-13-23/h4-15,20,25H,2-3,16-19,21H2,1H3/b15-14+. The Hall–Kier alpha value is -3.19. The normalized spacial score (nSPS) is 17.3. The van der Waals surface area contributed by atoms with Crippen molar-refractivity contribution < 1.29 is 13.2 Å². The smallest absolute Gasteiger partial charge is 0.246 e. The molecule has 1 amide bonds. The van der Waals surface area contributed by atoms with Crippen molar-refractivity contribution in [2.45, 2.75) is 38.8 Å². The van der Waals surface area contributed by atoms with Crippen molar-refractivity contribution in [1.82, 2.24) is 14.7 Å². The second-order valence-corrected chi connectivity index (χ2v) is 11.0. The number of carbonyl (C=O) groups excluding carboxylic acids is 1. The van der Waals surface area contributed by atoms with E-state index < -0.39 is 9.84 Å². The number of carbonyl (C=O) groups is 1. The van der Waals surface area contributed by atoms with Crippen LogP contribution in [0.1, 0.15) is 37.3 Å². The van der Waals surface area contributed by atoms with Crippen LogP contribution in [0, 0.1) is 0 Å². The first kappa shape index (κ1) is 24.0. The summed E-state index contributed by atoms with van der Waals surface area (Å²) in [7, 11) is -3.07. The van der Waals surface area contributed by atoms with Crippen LogP contribution in [0.15, 0.2) is 72.9 Å². The van der Waals surface area contributed by atoms with E-state index in [1.807, 2.05) is 65.5 Å². The molecule has 0 N–H and O–H groups in total. The van der Waals surface area contributed by atoms with Crippen molar-refractivity contribution in [3.8, 4) is 11.3 Å². The van der Waals surface area contributed by atoms with Crippen molar-refractivity contribution in [3.63, 3.8) is 0 Å². The van der Waals surface area contributed by atoms with Crippen LogP contribution in [0.5, 0.6) is 0 Å². The van der Waals surface area contributed by atoms with Crippen molar-refractivity contribution in [2.24, 2.45) is 0 Å². The van der Waals surface area contributed by atoms with Gasteiger partial charge in [0.05, 0.1) is 23.7 Å². The van der Waals surface area contributed by atoms with Gasteiger partial charge in [-0.1, -0.05) is 74.0 Å². The van der Waals surface area contributed by atoms with Gasteiger partial charge in [-0.05, 0) is 24.5 Å². The van der Waals surface area contributed by atoms with Gasteiger partial charge in [0.25, 0.3) is 0 Å². The SMILES string of the molecule is CCCCN(C(=O)/C=C/c1cn(Cc2ccccc2)nc1-c1ccccc1)C1CCS(=O)(=O)C1. The summed E-state index contributed by atoms with van der Waals surface area (Å²) in [6, 6.07) is 19.8. The van der Waals surface area contributed by atoms with Gasteiger partial charge in [-0.15, -0.1) is 0 Å². The molecule has 1 aliphatic rings. The number of aromatic nitrogens is 2. The van der Waals surface area contributed by atoms with Crippen molar-refractivity contribution in [1.29, 1.82) is 0 Å². The molecule has 0 spiro atoms. The topological polar surface area (TPSA) is 72.3 Å². The number of rotatable bonds is 9. The van der Waals surface area contributed by atoms with Crippen LogP contribution < -0.4 is 0 Å². The van der Waals surface area contributed by atoms with Crippen LogP contribution in [-0.2, 0) is 21.2 Å². The Bertz CT molecular complexity index is 1230. The zero-order valence-electron chi connectivity index (χ0n) is 19.5. The first-order valence-electron chi connectivity index (χ1n) is 11.8. The lowest BCUT2D eigenvalue weighted by atomic mass is 10.1. The zero-order chi connectivity index (χ0) is 24.0. The molecule has 178 valence electrons. The van der Waals surface area contributed by atoms with Gasteiger partial charge in [-0.3, -0.25) is 9.48 Å². The quantitative estimate of drug-likeness (QED) is 0.428. The Kier molecular flexibility index (Phi) is 7.63. The van der Waals surface area contributed by atoms with E-state index in [1.165, 1.54) is 0 Å². The Morgan fingerprint density at radius 2 is 1.82 bits per heavy atom. The first-order chi connectivity index (χ1) is 16.4. The predicted octanol–water partition coefficient (Wildman–Crippen LogP) is 4.43. The minimum Gasteiger partial charge on any atom is -0.335 e. The molecule has 2 heterocycles. The van der Waals surface area contributed by atoms with Gasteiger partial charge in [0.1, 0.15) is 0 Å². The monoisotopic (exact) mass is 477 g/mol. The highest BCUT2D eigenvalue weighted by atomic mass is 32.2. The number of unbranched alkanes of at least 4 members (excludes halogenated alkanes) is 1. The molecular formula is C27H31N3O3S. The van der Waals surface area contributed by atoms with E-state index in [1.54, 1.807) is 11.0 Å². The lowest BCUT2D eigenvalue weighted by molar-refractivity contribution is -0.127. The number of hydrogen-bond donors (Lipinski definition) is 0. The maximum atomic E-state index is 13.2. The Balaban J connectivity index is 1.60. The van der Waals surface area contributed by atoms with Gasteiger partial charge in [0.15, 0.2) is 9.84 Å². The predicted molar refractivity (Wildman–Crippen MR) is 136 cm³/mol. The average Bonchev–Trinajstić information content (AvgIpc) is 3.41. The molecule has 2 aromatic carbocycles. The summed E-state index contributed by atoms with van der Waals surface area (Å²) < 4.78 is 25.9. The largest absolute Gasteiger partial charge is 0.335 e. The van der Waals surface area contributed by atoms with E-state index in [4.69, 9.17) is 5.10 Å². The fraction of sp³-hybridized carbons (Fsp3) is 0.333. The molecule has 1 fully saturated rings. The number of nitrogens with zero attached hydrogens (tertiary/aromatic N) is 3. The van der Waals surface area contributed by atoms with Crippen LogP contribution in [0.4, 0.5) is 0 Å². The second-order valence-electron chi connectivity index (χ2n) is 8.76. The Labute approximate surface area is 201 Å². The van der Waals surface area contributed by atoms with Crippen molar-refractivity contribution in [2.75, 3.05) is 18.1 Å². The molecule has 4 rings (SSSR count). The fourth-order valence-corrected chi connectivity index (χ4v) is 6.04. The molecule has 0 radical (unpaired) electrons. The minimum absolute atomic E-state index is 0.0561. The van der Waals surface area contributed by atoms with Crippen LogP contribution >= 0.6 is 0 Å². The van der Waals surface area contributed by atoms with E-state index in [2.05, 4.69) is 19.1 Å². The van der Waals surface area contributed by atoms with Crippen molar-refractivity contribution in [3.05, 3.63) is 84.1 Å². The van der Waals surface area contributed by atoms with E-state index in [0.29, 0.717) is 19.5 Å². The van der Waals surface area contributed by atoms with Crippen molar-refractivity contribution >= 4 is 21.8 Å². The molecule has 3 aromatic rings. The zero-order valence-corrected chi connectivity index (χ0v) is 20.3. The molecule has 0 bridgehead atoms. The third-order valence-electron chi connectivity index (χ3n) is 6.11. The molecule has 34 heavy (non-hydrogen) atoms. The number of hydrogen-bond acceptors (Lipinski definition) is 4. The molecule has 7 heteroatoms. The number of amides is 1. The van der Waals surface area contributed by atoms with Crippen LogP contribution in [0.3, 0.4) is 0 Å². The highest BCUT2D eigenvalue weighted by Crippen LogP contribution is 2.24. The van der Waals surface area contributed by atoms with E-state index in [0.717, 1.165) is 35.2 Å². The van der Waals surface area contributed by atoms with Gasteiger partial charge < -0.3 is 4.90 Å². The first-order valence-corrected chi connectivity index (χ1v) is 13.6. The molecule has 0 saturated carbocycles. The van der Waals surface area contributed by atoms with Gasteiger partial charge in [0.2, 0.25) is 5.91 Å². The Morgan fingerprint density at radius 3 is 2.47 bits per heavy atom. The number of sulfone groups is 1. The second kappa shape index (κ2) is 10.8. The van der Waals surface area contributed by atoms with E-state index >= 15 is 0 Å². The molecule has 6 nitrogen and oxygen atoms in total. The lowest BCUT2D eigenvalue weighted by Gasteiger charge is -2.27. The molecule has 1 unspecified atom stereocenters. The molecule has 1 aliphatic heterocycles. The third kappa shape index (κ3) is 6.03. The van der Waals surface area contributed by atoms with Gasteiger partial charge in [0, 0.05) is 36.0 Å². The van der Waals surface area contributed by atoms with Crippen LogP contribution in [0.2, 0.25) is 0 Å². The van der Waals surface area contributed by atoms with Crippen LogP contribution in [0.25, 0.3) is 17.3 Å². The molecule has 1 saturated heterocycles. The summed E-state index contributed by atoms with van der Waals surface area (Å²) in [5.41, 5.74) is 3.78. The van der Waals surface area contributed by atoms with E-state index in [-0.39, 0.29) is 23.5 Å². The van der Waals surface area contributed by atoms with E-state index in [9.17, 15) is 13.2 Å². The third-order valence-corrected chi connectivity index (χ3v) is 7.87. The summed E-state index contributed by atoms with van der Waals surface area (Å²) in [6.45, 7) is 3.26. The highest BCUT2D eigenvalue weighted by molar-refractivity contribution is 7.91. The highest BCUT2D eigenvalue weighted by Gasteiger charge is 2.33. The fourth-order valence-electron chi connectivity index (χ4n) is 4.31. The summed E-state index contributed by atoms with van der Waals surface area (Å²) >= 11 is 0. The summed E-state index contributed by atoms with van der Waals surface area (Å²) in [4.78, 5) is 14.9. The van der Waals surface area contributed by atoms with Gasteiger partial charge in [-0.2, -0.15) is 5.10 Å². The van der Waals surface area contributed by atoms with Gasteiger partial charge in [-0.25, -0.2) is 8.42 Å². The molecule has 1 aromatic heterocycles. The summed E-state index contributed by atoms with van der Waals surface area (Å²) in [5.74, 6) is 0.0628. The number of benzene rings is 2. The van der Waals surface area contributed by atoms with Crippen LogP contribution in [-0.4, -0.2) is 53.1 Å². The summed E-state index contributed by atoms with van der Waals surface area (Å²) in [6.07, 6.45) is 7.63. The molecular weight excluding hydrogens is 446 g/mol. The maximum absolute atomic E-state index is 13.2. The van der Waals surface area contributed by atoms with Gasteiger partial charge >= 0.3 is 0 Å². The molecule has 1 atom stereocenters. The average molecular weight is 478 g/mol. The lowest BCUT2D eigenvalue weighted by Crippen LogP contribution is -2.40. The molecule has 0 aliphatic carbocycles. The minimum atomic E-state index is -3.07. The summed E-state index contributed by atoms with van der Waals surface area (Å²) in [5, 5.41) is 4.81.